The molecule has 0 bridgehead atoms. The molecule has 0 aliphatic heterocycles. The third-order valence-corrected chi connectivity index (χ3v) is 6.64. The molecule has 3 aromatic rings. The molecule has 0 aromatic heterocycles. The number of carbonyl (C=O) groups is 1. The molecule has 0 unspecified atom stereocenters. The van der Waals surface area contributed by atoms with Crippen LogP contribution in [0.1, 0.15) is 6.92 Å². The van der Waals surface area contributed by atoms with Gasteiger partial charge in [-0.05, 0) is 36.6 Å². The summed E-state index contributed by atoms with van der Waals surface area (Å²) in [4.78, 5) is 12.6. The maximum absolute atomic E-state index is 12.6. The van der Waals surface area contributed by atoms with Gasteiger partial charge < -0.3 is 10.1 Å². The quantitative estimate of drug-likeness (QED) is 0.481. The van der Waals surface area contributed by atoms with Crippen LogP contribution in [0, 0.1) is 0 Å². The summed E-state index contributed by atoms with van der Waals surface area (Å²) >= 11 is 11.9. The van der Waals surface area contributed by atoms with E-state index in [0.717, 1.165) is 21.3 Å². The Kier molecular flexibility index (Phi) is 7.30. The molecule has 31 heavy (non-hydrogen) atoms. The number of halogens is 2. The first-order valence-electron chi connectivity index (χ1n) is 9.51. The molecule has 0 fully saturated rings. The molecule has 0 heterocycles. The number of benzene rings is 3. The van der Waals surface area contributed by atoms with Crippen LogP contribution in [0.15, 0.2) is 60.7 Å². The van der Waals surface area contributed by atoms with Gasteiger partial charge in [-0.15, -0.1) is 0 Å². The number of fused-ring (bicyclic) bond motifs is 1. The molecule has 1 amide bonds. The number of rotatable bonds is 8. The third kappa shape index (κ3) is 5.61. The number of anilines is 1. The third-order valence-electron chi connectivity index (χ3n) is 4.65. The molecule has 0 saturated heterocycles. The molecular formula is C22H22Cl2N2O4S. The highest BCUT2D eigenvalue weighted by atomic mass is 35.5. The molecule has 0 aliphatic rings. The number of sulfonamides is 1. The zero-order valence-electron chi connectivity index (χ0n) is 17.0. The van der Waals surface area contributed by atoms with Gasteiger partial charge >= 0.3 is 0 Å². The highest BCUT2D eigenvalue weighted by Crippen LogP contribution is 2.29. The molecule has 1 atom stereocenters. The Morgan fingerprint density at radius 3 is 2.48 bits per heavy atom. The van der Waals surface area contributed by atoms with Crippen LogP contribution in [0.5, 0.6) is 5.75 Å². The molecule has 1 N–H and O–H groups in total. The number of nitrogens with one attached hydrogen (secondary N) is 1. The van der Waals surface area contributed by atoms with E-state index in [0.29, 0.717) is 10.8 Å². The van der Waals surface area contributed by atoms with Gasteiger partial charge in [0, 0.05) is 5.39 Å². The van der Waals surface area contributed by atoms with Crippen molar-refractivity contribution in [2.75, 3.05) is 23.7 Å². The van der Waals surface area contributed by atoms with Crippen LogP contribution < -0.4 is 14.4 Å². The SMILES string of the molecule is C[C@@H](C(=O)NCCOc1cccc2ccccc12)N(c1ccc(Cl)c(Cl)c1)S(C)(=O)=O. The van der Waals surface area contributed by atoms with E-state index in [2.05, 4.69) is 5.32 Å². The van der Waals surface area contributed by atoms with Crippen molar-refractivity contribution in [3.8, 4) is 5.75 Å². The lowest BCUT2D eigenvalue weighted by atomic mass is 10.1. The van der Waals surface area contributed by atoms with Crippen molar-refractivity contribution in [2.24, 2.45) is 0 Å². The van der Waals surface area contributed by atoms with Crippen molar-refractivity contribution >= 4 is 55.6 Å². The number of ether oxygens (including phenoxy) is 1. The minimum Gasteiger partial charge on any atom is -0.491 e. The second-order valence-electron chi connectivity index (χ2n) is 6.95. The largest absolute Gasteiger partial charge is 0.491 e. The smallest absolute Gasteiger partial charge is 0.243 e. The van der Waals surface area contributed by atoms with Crippen LogP contribution in [0.2, 0.25) is 10.0 Å². The summed E-state index contributed by atoms with van der Waals surface area (Å²) in [7, 11) is -3.75. The summed E-state index contributed by atoms with van der Waals surface area (Å²) in [5.41, 5.74) is 0.256. The van der Waals surface area contributed by atoms with Gasteiger partial charge in [-0.3, -0.25) is 9.10 Å². The van der Waals surface area contributed by atoms with Gasteiger partial charge in [0.15, 0.2) is 0 Å². The number of hydrogen-bond donors (Lipinski definition) is 1. The Morgan fingerprint density at radius 1 is 1.06 bits per heavy atom. The van der Waals surface area contributed by atoms with Gasteiger partial charge in [0.05, 0.1) is 28.5 Å². The van der Waals surface area contributed by atoms with E-state index in [-0.39, 0.29) is 23.9 Å². The van der Waals surface area contributed by atoms with Crippen LogP contribution >= 0.6 is 23.2 Å². The van der Waals surface area contributed by atoms with Crippen molar-refractivity contribution in [2.45, 2.75) is 13.0 Å². The highest BCUT2D eigenvalue weighted by molar-refractivity contribution is 7.92. The zero-order chi connectivity index (χ0) is 22.6. The first-order chi connectivity index (χ1) is 14.7. The van der Waals surface area contributed by atoms with E-state index in [4.69, 9.17) is 27.9 Å². The van der Waals surface area contributed by atoms with E-state index >= 15 is 0 Å². The van der Waals surface area contributed by atoms with Crippen LogP contribution in [-0.4, -0.2) is 39.8 Å². The minimum absolute atomic E-state index is 0.198. The topological polar surface area (TPSA) is 75.7 Å². The maximum Gasteiger partial charge on any atom is 0.243 e. The first-order valence-corrected chi connectivity index (χ1v) is 12.1. The second kappa shape index (κ2) is 9.77. The molecular weight excluding hydrogens is 459 g/mol. The summed E-state index contributed by atoms with van der Waals surface area (Å²) in [6, 6.07) is 17.0. The number of amides is 1. The number of nitrogens with zero attached hydrogens (tertiary/aromatic N) is 1. The van der Waals surface area contributed by atoms with E-state index in [1.807, 2.05) is 42.5 Å². The monoisotopic (exact) mass is 480 g/mol. The molecule has 0 saturated carbocycles. The van der Waals surface area contributed by atoms with Crippen molar-refractivity contribution in [1.82, 2.24) is 5.32 Å². The summed E-state index contributed by atoms with van der Waals surface area (Å²) in [5, 5.41) is 5.25. The summed E-state index contributed by atoms with van der Waals surface area (Å²) in [6.07, 6.45) is 1.03. The van der Waals surface area contributed by atoms with Crippen molar-refractivity contribution in [1.29, 1.82) is 0 Å². The van der Waals surface area contributed by atoms with Crippen LogP contribution in [0.25, 0.3) is 10.8 Å². The Morgan fingerprint density at radius 2 is 1.77 bits per heavy atom. The van der Waals surface area contributed by atoms with Crippen LogP contribution in [0.4, 0.5) is 5.69 Å². The average Bonchev–Trinajstić information content (AvgIpc) is 2.72. The van der Waals surface area contributed by atoms with Gasteiger partial charge in [0.2, 0.25) is 15.9 Å². The maximum atomic E-state index is 12.6. The molecule has 3 rings (SSSR count). The highest BCUT2D eigenvalue weighted by Gasteiger charge is 2.29. The predicted octanol–water partition coefficient (Wildman–Crippen LogP) is 4.50. The zero-order valence-corrected chi connectivity index (χ0v) is 19.3. The fourth-order valence-corrected chi connectivity index (χ4v) is 4.69. The Balaban J connectivity index is 1.65. The van der Waals surface area contributed by atoms with Gasteiger partial charge in [-0.2, -0.15) is 0 Å². The molecule has 6 nitrogen and oxygen atoms in total. The molecule has 0 radical (unpaired) electrons. The van der Waals surface area contributed by atoms with E-state index < -0.39 is 22.0 Å². The fraction of sp³-hybridized carbons (Fsp3) is 0.227. The molecule has 0 spiro atoms. The molecule has 3 aromatic carbocycles. The van der Waals surface area contributed by atoms with E-state index in [1.54, 1.807) is 0 Å². The van der Waals surface area contributed by atoms with Crippen molar-refractivity contribution < 1.29 is 17.9 Å². The second-order valence-corrected chi connectivity index (χ2v) is 9.62. The summed E-state index contributed by atoms with van der Waals surface area (Å²) < 4.78 is 31.5. The lowest BCUT2D eigenvalue weighted by Crippen LogP contribution is -2.48. The molecule has 9 heteroatoms. The van der Waals surface area contributed by atoms with E-state index in [1.165, 1.54) is 25.1 Å². The van der Waals surface area contributed by atoms with Crippen molar-refractivity contribution in [3.63, 3.8) is 0 Å². The lowest BCUT2D eigenvalue weighted by molar-refractivity contribution is -0.121. The van der Waals surface area contributed by atoms with Gasteiger partial charge in [-0.25, -0.2) is 8.42 Å². The molecule has 164 valence electrons. The lowest BCUT2D eigenvalue weighted by Gasteiger charge is -2.28. The normalized spacial score (nSPS) is 12.4. The summed E-state index contributed by atoms with van der Waals surface area (Å²) in [6.45, 7) is 1.95. The predicted molar refractivity (Wildman–Crippen MR) is 126 cm³/mol. The number of carbonyl (C=O) groups excluding carboxylic acids is 1. The van der Waals surface area contributed by atoms with Gasteiger partial charge in [0.1, 0.15) is 18.4 Å². The molecule has 0 aliphatic carbocycles. The van der Waals surface area contributed by atoms with Crippen LogP contribution in [0.3, 0.4) is 0 Å². The van der Waals surface area contributed by atoms with Gasteiger partial charge in [0.25, 0.3) is 0 Å². The van der Waals surface area contributed by atoms with E-state index in [9.17, 15) is 13.2 Å². The van der Waals surface area contributed by atoms with Crippen LogP contribution in [-0.2, 0) is 14.8 Å². The minimum atomic E-state index is -3.75. The Hall–Kier alpha value is -2.48. The Labute approximate surface area is 191 Å². The first kappa shape index (κ1) is 23.2. The fourth-order valence-electron chi connectivity index (χ4n) is 3.24. The average molecular weight is 481 g/mol. The van der Waals surface area contributed by atoms with Crippen molar-refractivity contribution in [3.05, 3.63) is 70.7 Å². The summed E-state index contributed by atoms with van der Waals surface area (Å²) in [5.74, 6) is 0.256. The standard InChI is InChI=1S/C22H22Cl2N2O4S/c1-15(26(31(2,28)29)17-10-11-19(23)20(24)14-17)22(27)25-12-13-30-21-9-5-7-16-6-3-4-8-18(16)21/h3-11,14-15H,12-13H2,1-2H3,(H,25,27)/t15-/m0/s1. The van der Waals surface area contributed by atoms with Gasteiger partial charge in [-0.1, -0.05) is 59.6 Å². The Bertz CT molecular complexity index is 1200. The number of hydrogen-bond acceptors (Lipinski definition) is 4.